The van der Waals surface area contributed by atoms with E-state index in [-0.39, 0.29) is 0 Å². The minimum absolute atomic E-state index is 0.524. The molecule has 1 aliphatic rings. The third kappa shape index (κ3) is 2.15. The molecular formula is C17H25N3. The second kappa shape index (κ2) is 5.23. The maximum absolute atomic E-state index is 3.53. The Bertz CT molecular complexity index is 639. The monoisotopic (exact) mass is 271 g/mol. The van der Waals surface area contributed by atoms with Gasteiger partial charge in [0.15, 0.2) is 0 Å². The van der Waals surface area contributed by atoms with Gasteiger partial charge in [0.25, 0.3) is 0 Å². The molecule has 0 radical (unpaired) electrons. The number of nitrogens with one attached hydrogen (secondary N) is 2. The van der Waals surface area contributed by atoms with Gasteiger partial charge in [0, 0.05) is 42.8 Å². The van der Waals surface area contributed by atoms with Gasteiger partial charge in [-0.15, -0.1) is 0 Å². The van der Waals surface area contributed by atoms with E-state index < -0.39 is 0 Å². The molecule has 2 aromatic rings. The molecule has 0 fully saturated rings. The topological polar surface area (TPSA) is 29.0 Å². The molecule has 3 nitrogen and oxygen atoms in total. The third-order valence-electron chi connectivity index (χ3n) is 4.64. The van der Waals surface area contributed by atoms with Crippen molar-refractivity contribution in [3.63, 3.8) is 0 Å². The average molecular weight is 271 g/mol. The van der Waals surface area contributed by atoms with Crippen molar-refractivity contribution in [3.05, 3.63) is 34.5 Å². The van der Waals surface area contributed by atoms with E-state index in [1.165, 1.54) is 33.3 Å². The Morgan fingerprint density at radius 3 is 2.70 bits per heavy atom. The Labute approximate surface area is 121 Å². The summed E-state index contributed by atoms with van der Waals surface area (Å²) in [6.07, 6.45) is 1.10. The lowest BCUT2D eigenvalue weighted by atomic mass is 10.0. The summed E-state index contributed by atoms with van der Waals surface area (Å²) in [5.41, 5.74) is 7.22. The summed E-state index contributed by atoms with van der Waals surface area (Å²) in [4.78, 5) is 0. The SMILES string of the molecule is CCNC(C)Cc1c(C)n(C)c2cc3c(cc12)CNC3. The Kier molecular flexibility index (Phi) is 3.57. The maximum atomic E-state index is 3.53. The zero-order valence-electron chi connectivity index (χ0n) is 13.0. The van der Waals surface area contributed by atoms with Crippen molar-refractivity contribution < 1.29 is 0 Å². The predicted octanol–water partition coefficient (Wildman–Crippen LogP) is 2.63. The van der Waals surface area contributed by atoms with Gasteiger partial charge in [0.1, 0.15) is 0 Å². The van der Waals surface area contributed by atoms with Crippen LogP contribution in [-0.4, -0.2) is 17.2 Å². The number of hydrogen-bond donors (Lipinski definition) is 2. The summed E-state index contributed by atoms with van der Waals surface area (Å²) >= 11 is 0. The standard InChI is InChI=1S/C17H25N3/c1-5-19-11(2)6-15-12(3)20(4)17-8-14-10-18-9-13(14)7-16(15)17/h7-8,11,18-19H,5-6,9-10H2,1-4H3. The quantitative estimate of drug-likeness (QED) is 0.895. The highest BCUT2D eigenvalue weighted by atomic mass is 15.0. The van der Waals surface area contributed by atoms with Gasteiger partial charge >= 0.3 is 0 Å². The second-order valence-electron chi connectivity index (χ2n) is 6.03. The first-order chi connectivity index (χ1) is 9.61. The van der Waals surface area contributed by atoms with Crippen LogP contribution in [0.4, 0.5) is 0 Å². The fourth-order valence-corrected chi connectivity index (χ4v) is 3.42. The number of aryl methyl sites for hydroxylation is 1. The Morgan fingerprint density at radius 1 is 1.30 bits per heavy atom. The van der Waals surface area contributed by atoms with Crippen LogP contribution in [0.2, 0.25) is 0 Å². The van der Waals surface area contributed by atoms with Crippen molar-refractivity contribution in [3.8, 4) is 0 Å². The summed E-state index contributed by atoms with van der Waals surface area (Å²) < 4.78 is 2.35. The first-order valence-corrected chi connectivity index (χ1v) is 7.65. The average Bonchev–Trinajstić information content (AvgIpc) is 2.96. The predicted molar refractivity (Wildman–Crippen MR) is 85.0 cm³/mol. The molecule has 0 bridgehead atoms. The lowest BCUT2D eigenvalue weighted by Crippen LogP contribution is -2.27. The van der Waals surface area contributed by atoms with Crippen molar-refractivity contribution >= 4 is 10.9 Å². The molecule has 0 aliphatic carbocycles. The number of fused-ring (bicyclic) bond motifs is 2. The smallest absolute Gasteiger partial charge is 0.0486 e. The van der Waals surface area contributed by atoms with Crippen LogP contribution in [0, 0.1) is 6.92 Å². The highest BCUT2D eigenvalue weighted by Gasteiger charge is 2.18. The summed E-state index contributed by atoms with van der Waals surface area (Å²) in [5, 5.41) is 8.41. The molecule has 0 saturated heterocycles. The fraction of sp³-hybridized carbons (Fsp3) is 0.529. The molecule has 1 unspecified atom stereocenters. The number of benzene rings is 1. The largest absolute Gasteiger partial charge is 0.348 e. The Balaban J connectivity index is 2.09. The zero-order chi connectivity index (χ0) is 14.3. The second-order valence-corrected chi connectivity index (χ2v) is 6.03. The van der Waals surface area contributed by atoms with Crippen LogP contribution in [0.3, 0.4) is 0 Å². The molecule has 20 heavy (non-hydrogen) atoms. The van der Waals surface area contributed by atoms with E-state index in [9.17, 15) is 0 Å². The van der Waals surface area contributed by atoms with E-state index in [2.05, 4.69) is 55.2 Å². The number of hydrogen-bond acceptors (Lipinski definition) is 2. The minimum atomic E-state index is 0.524. The van der Waals surface area contributed by atoms with Gasteiger partial charge in [-0.2, -0.15) is 0 Å². The maximum Gasteiger partial charge on any atom is 0.0486 e. The van der Waals surface area contributed by atoms with Gasteiger partial charge in [-0.1, -0.05) is 6.92 Å². The molecule has 2 heterocycles. The molecule has 0 saturated carbocycles. The van der Waals surface area contributed by atoms with Gasteiger partial charge in [-0.05, 0) is 55.6 Å². The number of nitrogens with zero attached hydrogens (tertiary/aromatic N) is 1. The van der Waals surface area contributed by atoms with Crippen LogP contribution < -0.4 is 10.6 Å². The van der Waals surface area contributed by atoms with Crippen LogP contribution in [0.5, 0.6) is 0 Å². The van der Waals surface area contributed by atoms with Crippen molar-refractivity contribution in [1.82, 2.24) is 15.2 Å². The molecule has 3 rings (SSSR count). The minimum Gasteiger partial charge on any atom is -0.348 e. The first-order valence-electron chi connectivity index (χ1n) is 7.65. The van der Waals surface area contributed by atoms with E-state index in [1.54, 1.807) is 0 Å². The highest BCUT2D eigenvalue weighted by Crippen LogP contribution is 2.30. The van der Waals surface area contributed by atoms with Crippen LogP contribution in [0.1, 0.15) is 36.2 Å². The summed E-state index contributed by atoms with van der Waals surface area (Å²) in [5.74, 6) is 0. The van der Waals surface area contributed by atoms with E-state index in [0.717, 1.165) is 26.1 Å². The summed E-state index contributed by atoms with van der Waals surface area (Å²) in [6, 6.07) is 5.31. The number of rotatable bonds is 4. The van der Waals surface area contributed by atoms with Gasteiger partial charge in [-0.25, -0.2) is 0 Å². The molecule has 1 atom stereocenters. The van der Waals surface area contributed by atoms with E-state index in [0.29, 0.717) is 6.04 Å². The van der Waals surface area contributed by atoms with E-state index in [4.69, 9.17) is 0 Å². The van der Waals surface area contributed by atoms with Crippen LogP contribution in [0.15, 0.2) is 12.1 Å². The van der Waals surface area contributed by atoms with Crippen LogP contribution in [0.25, 0.3) is 10.9 Å². The Morgan fingerprint density at radius 2 is 2.00 bits per heavy atom. The number of likely N-dealkylation sites (N-methyl/N-ethyl adjacent to an activating group) is 1. The number of aromatic nitrogens is 1. The Hall–Kier alpha value is -1.32. The van der Waals surface area contributed by atoms with Gasteiger partial charge in [0.05, 0.1) is 0 Å². The molecule has 1 aliphatic heterocycles. The van der Waals surface area contributed by atoms with Gasteiger partial charge < -0.3 is 15.2 Å². The van der Waals surface area contributed by atoms with Crippen molar-refractivity contribution in [1.29, 1.82) is 0 Å². The molecule has 108 valence electrons. The van der Waals surface area contributed by atoms with Crippen molar-refractivity contribution in [2.24, 2.45) is 7.05 Å². The van der Waals surface area contributed by atoms with Crippen LogP contribution >= 0.6 is 0 Å². The third-order valence-corrected chi connectivity index (χ3v) is 4.64. The van der Waals surface area contributed by atoms with Gasteiger partial charge in [0.2, 0.25) is 0 Å². The molecule has 2 N–H and O–H groups in total. The van der Waals surface area contributed by atoms with Crippen LogP contribution in [-0.2, 0) is 26.6 Å². The van der Waals surface area contributed by atoms with Gasteiger partial charge in [-0.3, -0.25) is 0 Å². The molecule has 1 aromatic carbocycles. The van der Waals surface area contributed by atoms with E-state index in [1.807, 2.05) is 0 Å². The zero-order valence-corrected chi connectivity index (χ0v) is 13.0. The molecule has 1 aromatic heterocycles. The molecule has 3 heteroatoms. The molecular weight excluding hydrogens is 246 g/mol. The van der Waals surface area contributed by atoms with Crippen molar-refractivity contribution in [2.45, 2.75) is 46.3 Å². The fourth-order valence-electron chi connectivity index (χ4n) is 3.42. The van der Waals surface area contributed by atoms with E-state index >= 15 is 0 Å². The lowest BCUT2D eigenvalue weighted by molar-refractivity contribution is 0.564. The molecule has 0 spiro atoms. The summed E-state index contributed by atoms with van der Waals surface area (Å²) in [7, 11) is 2.19. The first kappa shape index (κ1) is 13.7. The molecule has 0 amide bonds. The summed E-state index contributed by atoms with van der Waals surface area (Å²) in [6.45, 7) is 9.75. The normalized spacial score (nSPS) is 15.8. The lowest BCUT2D eigenvalue weighted by Gasteiger charge is -2.12. The highest BCUT2D eigenvalue weighted by molar-refractivity contribution is 5.87. The van der Waals surface area contributed by atoms with Crippen molar-refractivity contribution in [2.75, 3.05) is 6.54 Å².